The first-order chi connectivity index (χ1) is 11.4. The van der Waals surface area contributed by atoms with E-state index >= 15 is 0 Å². The standard InChI is InChI=1S/C17H21N5O2/c1-11(2)19-16(24)10-22(3)9-15(23)12(8-18)17-20-13-6-4-5-7-14(13)21-17/h4-7,11,23H,9-10H2,1-3H3,(H,19,24)(H,20,21)/p+1/b15-12-. The number of nitriles is 1. The molecule has 1 aromatic carbocycles. The van der Waals surface area contributed by atoms with Crippen LogP contribution in [0, 0.1) is 11.3 Å². The van der Waals surface area contributed by atoms with Crippen LogP contribution in [0.25, 0.3) is 16.6 Å². The van der Waals surface area contributed by atoms with Crippen LogP contribution in [0.2, 0.25) is 0 Å². The molecule has 1 atom stereocenters. The normalized spacial score (nSPS) is 13.5. The molecule has 0 saturated carbocycles. The average molecular weight is 328 g/mol. The Hall–Kier alpha value is -2.85. The molecule has 0 bridgehead atoms. The Morgan fingerprint density at radius 2 is 2.12 bits per heavy atom. The maximum Gasteiger partial charge on any atom is 0.275 e. The van der Waals surface area contributed by atoms with Crippen molar-refractivity contribution in [1.82, 2.24) is 15.3 Å². The molecule has 0 spiro atoms. The number of benzene rings is 1. The van der Waals surface area contributed by atoms with Gasteiger partial charge >= 0.3 is 0 Å². The third kappa shape index (κ3) is 4.33. The predicted molar refractivity (Wildman–Crippen MR) is 91.2 cm³/mol. The Labute approximate surface area is 140 Å². The van der Waals surface area contributed by atoms with E-state index in [4.69, 9.17) is 0 Å². The van der Waals surface area contributed by atoms with Crippen LogP contribution < -0.4 is 10.2 Å². The lowest BCUT2D eigenvalue weighted by atomic mass is 10.2. The van der Waals surface area contributed by atoms with E-state index in [0.29, 0.717) is 5.82 Å². The summed E-state index contributed by atoms with van der Waals surface area (Å²) in [6.45, 7) is 4.15. The summed E-state index contributed by atoms with van der Waals surface area (Å²) < 4.78 is 0. The molecule has 1 heterocycles. The Kier molecular flexibility index (Phi) is 5.55. The zero-order chi connectivity index (χ0) is 17.7. The molecule has 0 fully saturated rings. The molecule has 1 aromatic heterocycles. The zero-order valence-corrected chi connectivity index (χ0v) is 14.1. The number of H-pyrrole nitrogens is 1. The van der Waals surface area contributed by atoms with Crippen LogP contribution in [0.3, 0.4) is 0 Å². The minimum atomic E-state index is -0.0995. The number of imidazole rings is 1. The smallest absolute Gasteiger partial charge is 0.275 e. The fraction of sp³-hybridized carbons (Fsp3) is 0.353. The number of aromatic amines is 1. The van der Waals surface area contributed by atoms with Gasteiger partial charge in [-0.2, -0.15) is 5.26 Å². The molecule has 0 aliphatic rings. The molecular formula is C17H22N5O2+. The lowest BCUT2D eigenvalue weighted by Gasteiger charge is -2.15. The van der Waals surface area contributed by atoms with Gasteiger partial charge in [-0.25, -0.2) is 4.98 Å². The van der Waals surface area contributed by atoms with Gasteiger partial charge in [-0.05, 0) is 26.0 Å². The van der Waals surface area contributed by atoms with Gasteiger partial charge in [0, 0.05) is 6.04 Å². The molecule has 0 aliphatic carbocycles. The number of para-hydroxylation sites is 2. The summed E-state index contributed by atoms with van der Waals surface area (Å²) >= 11 is 0. The van der Waals surface area contributed by atoms with Gasteiger partial charge in [0.25, 0.3) is 5.91 Å². The highest BCUT2D eigenvalue weighted by Gasteiger charge is 2.18. The second-order valence-corrected chi connectivity index (χ2v) is 6.07. The number of hydrogen-bond acceptors (Lipinski definition) is 4. The van der Waals surface area contributed by atoms with Gasteiger partial charge in [0.2, 0.25) is 0 Å². The number of amides is 1. The minimum absolute atomic E-state index is 0.0691. The van der Waals surface area contributed by atoms with Gasteiger partial charge in [0.05, 0.1) is 18.1 Å². The second-order valence-electron chi connectivity index (χ2n) is 6.07. The quantitative estimate of drug-likeness (QED) is 0.455. The minimum Gasteiger partial charge on any atom is -0.506 e. The summed E-state index contributed by atoms with van der Waals surface area (Å²) in [6.07, 6.45) is 0. The molecule has 4 N–H and O–H groups in total. The van der Waals surface area contributed by atoms with Crippen molar-refractivity contribution in [3.8, 4) is 6.07 Å². The first-order valence-electron chi connectivity index (χ1n) is 7.78. The van der Waals surface area contributed by atoms with E-state index in [2.05, 4.69) is 15.3 Å². The molecule has 7 nitrogen and oxygen atoms in total. The van der Waals surface area contributed by atoms with E-state index in [9.17, 15) is 15.2 Å². The van der Waals surface area contributed by atoms with Crippen LogP contribution in [-0.2, 0) is 4.79 Å². The lowest BCUT2D eigenvalue weighted by molar-refractivity contribution is -0.867. The van der Waals surface area contributed by atoms with E-state index in [1.54, 1.807) is 7.05 Å². The van der Waals surface area contributed by atoms with E-state index in [1.807, 2.05) is 44.2 Å². The van der Waals surface area contributed by atoms with Crippen molar-refractivity contribution in [2.45, 2.75) is 19.9 Å². The second kappa shape index (κ2) is 7.62. The molecular weight excluding hydrogens is 306 g/mol. The number of carbonyl (C=O) groups is 1. The highest BCUT2D eigenvalue weighted by molar-refractivity contribution is 5.82. The first-order valence-corrected chi connectivity index (χ1v) is 7.78. The summed E-state index contributed by atoms with van der Waals surface area (Å²) in [5, 5.41) is 22.5. The van der Waals surface area contributed by atoms with E-state index in [1.165, 1.54) is 0 Å². The lowest BCUT2D eigenvalue weighted by Crippen LogP contribution is -3.10. The first kappa shape index (κ1) is 17.5. The van der Waals surface area contributed by atoms with Crippen molar-refractivity contribution in [3.63, 3.8) is 0 Å². The predicted octanol–water partition coefficient (Wildman–Crippen LogP) is 0.395. The third-order valence-corrected chi connectivity index (χ3v) is 3.41. The molecule has 1 amide bonds. The van der Waals surface area contributed by atoms with Crippen molar-refractivity contribution >= 4 is 22.5 Å². The molecule has 0 radical (unpaired) electrons. The molecule has 2 rings (SSSR count). The average Bonchev–Trinajstić information content (AvgIpc) is 2.89. The summed E-state index contributed by atoms with van der Waals surface area (Å²) in [7, 11) is 1.78. The molecule has 126 valence electrons. The molecule has 2 aromatic rings. The largest absolute Gasteiger partial charge is 0.506 e. The Balaban J connectivity index is 2.15. The van der Waals surface area contributed by atoms with Crippen molar-refractivity contribution < 1.29 is 14.8 Å². The number of likely N-dealkylation sites (N-methyl/N-ethyl adjacent to an activating group) is 1. The molecule has 24 heavy (non-hydrogen) atoms. The molecule has 1 unspecified atom stereocenters. The van der Waals surface area contributed by atoms with Gasteiger partial charge in [0.15, 0.2) is 18.1 Å². The summed E-state index contributed by atoms with van der Waals surface area (Å²) in [4.78, 5) is 19.9. The number of aliphatic hydroxyl groups excluding tert-OH is 1. The molecule has 0 saturated heterocycles. The van der Waals surface area contributed by atoms with Gasteiger partial charge < -0.3 is 20.3 Å². The van der Waals surface area contributed by atoms with Gasteiger partial charge in [-0.3, -0.25) is 4.79 Å². The highest BCUT2D eigenvalue weighted by Crippen LogP contribution is 2.17. The van der Waals surface area contributed by atoms with E-state index in [0.717, 1.165) is 15.9 Å². The van der Waals surface area contributed by atoms with E-state index < -0.39 is 0 Å². The maximum atomic E-state index is 11.8. The fourth-order valence-corrected chi connectivity index (χ4v) is 2.41. The topological polar surface area (TPSA) is 106 Å². The number of fused-ring (bicyclic) bond motifs is 1. The van der Waals surface area contributed by atoms with Crippen LogP contribution in [0.1, 0.15) is 19.7 Å². The van der Waals surface area contributed by atoms with Crippen LogP contribution in [-0.4, -0.2) is 47.2 Å². The van der Waals surface area contributed by atoms with Crippen molar-refractivity contribution in [2.24, 2.45) is 0 Å². The Bertz CT molecular complexity index is 768. The fourth-order valence-electron chi connectivity index (χ4n) is 2.41. The summed E-state index contributed by atoms with van der Waals surface area (Å²) in [5.74, 6) is 0.138. The molecule has 7 heteroatoms. The van der Waals surface area contributed by atoms with Crippen molar-refractivity contribution in [1.29, 1.82) is 5.26 Å². The number of quaternary nitrogens is 1. The summed E-state index contributed by atoms with van der Waals surface area (Å²) in [5.41, 5.74) is 1.62. The zero-order valence-electron chi connectivity index (χ0n) is 14.1. The van der Waals surface area contributed by atoms with Gasteiger partial charge in [0.1, 0.15) is 18.2 Å². The van der Waals surface area contributed by atoms with Crippen LogP contribution in [0.5, 0.6) is 0 Å². The number of allylic oxidation sites excluding steroid dienone is 1. The number of aliphatic hydroxyl groups is 1. The monoisotopic (exact) mass is 328 g/mol. The van der Waals surface area contributed by atoms with Gasteiger partial charge in [-0.15, -0.1) is 0 Å². The van der Waals surface area contributed by atoms with Gasteiger partial charge in [-0.1, -0.05) is 12.1 Å². The van der Waals surface area contributed by atoms with Crippen molar-refractivity contribution in [3.05, 3.63) is 35.8 Å². The third-order valence-electron chi connectivity index (χ3n) is 3.41. The van der Waals surface area contributed by atoms with Crippen LogP contribution in [0.4, 0.5) is 0 Å². The number of nitrogens with one attached hydrogen (secondary N) is 3. The number of rotatable bonds is 6. The van der Waals surface area contributed by atoms with Crippen LogP contribution in [0.15, 0.2) is 30.0 Å². The van der Waals surface area contributed by atoms with Crippen LogP contribution >= 0.6 is 0 Å². The van der Waals surface area contributed by atoms with Crippen molar-refractivity contribution in [2.75, 3.05) is 20.1 Å². The Morgan fingerprint density at radius 3 is 2.75 bits per heavy atom. The number of hydrogen-bond donors (Lipinski definition) is 4. The summed E-state index contributed by atoms with van der Waals surface area (Å²) in [6, 6.07) is 9.46. The number of aromatic nitrogens is 2. The Morgan fingerprint density at radius 1 is 1.42 bits per heavy atom. The SMILES string of the molecule is CC(C)NC(=O)C[NH+](C)C/C(O)=C(\C#N)c1nc2ccccc2[nH]1. The number of carbonyl (C=O) groups excluding carboxylic acids is 1. The molecule has 0 aliphatic heterocycles. The maximum absolute atomic E-state index is 11.8. The highest BCUT2D eigenvalue weighted by atomic mass is 16.3. The van der Waals surface area contributed by atoms with E-state index in [-0.39, 0.29) is 36.4 Å². The number of nitrogens with zero attached hydrogens (tertiary/aromatic N) is 2.